The lowest BCUT2D eigenvalue weighted by Gasteiger charge is -2.43. The predicted molar refractivity (Wildman–Crippen MR) is 78.1 cm³/mol. The van der Waals surface area contributed by atoms with E-state index in [4.69, 9.17) is 0 Å². The van der Waals surface area contributed by atoms with E-state index >= 15 is 0 Å². The molecular formula is C16H31NO2. The molecular weight excluding hydrogens is 238 g/mol. The monoisotopic (exact) mass is 269 g/mol. The van der Waals surface area contributed by atoms with Gasteiger partial charge in [0.2, 0.25) is 0 Å². The van der Waals surface area contributed by atoms with Gasteiger partial charge in [-0.05, 0) is 31.6 Å². The van der Waals surface area contributed by atoms with Gasteiger partial charge in [-0.3, -0.25) is 4.90 Å². The molecule has 0 amide bonds. The van der Waals surface area contributed by atoms with Crippen molar-refractivity contribution in [2.24, 2.45) is 11.3 Å². The second kappa shape index (κ2) is 7.05. The summed E-state index contributed by atoms with van der Waals surface area (Å²) in [7, 11) is 0. The molecule has 0 aromatic carbocycles. The summed E-state index contributed by atoms with van der Waals surface area (Å²) in [6, 6.07) is 0.646. The first-order valence-electron chi connectivity index (χ1n) is 8.15. The van der Waals surface area contributed by atoms with Crippen molar-refractivity contribution < 1.29 is 10.2 Å². The lowest BCUT2D eigenvalue weighted by molar-refractivity contribution is 0.00606. The average molecular weight is 269 g/mol. The van der Waals surface area contributed by atoms with Crippen molar-refractivity contribution in [3.05, 3.63) is 0 Å². The zero-order valence-corrected chi connectivity index (χ0v) is 12.5. The summed E-state index contributed by atoms with van der Waals surface area (Å²) in [5.41, 5.74) is 0.0927. The Balaban J connectivity index is 2.00. The smallest absolute Gasteiger partial charge is 0.0558 e. The van der Waals surface area contributed by atoms with Crippen LogP contribution in [0.25, 0.3) is 0 Å². The molecule has 19 heavy (non-hydrogen) atoms. The highest BCUT2D eigenvalue weighted by atomic mass is 16.3. The molecule has 2 N–H and O–H groups in total. The highest BCUT2D eigenvalue weighted by Crippen LogP contribution is 2.40. The SMILES string of the molecule is CC1CCCC(CO)(CN(CCO)C2CCCC2)C1. The maximum absolute atomic E-state index is 9.93. The van der Waals surface area contributed by atoms with Crippen molar-refractivity contribution in [3.63, 3.8) is 0 Å². The molecule has 2 fully saturated rings. The number of aliphatic hydroxyl groups excluding tert-OH is 2. The maximum atomic E-state index is 9.93. The van der Waals surface area contributed by atoms with Gasteiger partial charge in [0, 0.05) is 31.2 Å². The topological polar surface area (TPSA) is 43.7 Å². The fourth-order valence-electron chi connectivity index (χ4n) is 4.33. The Kier molecular flexibility index (Phi) is 5.67. The normalized spacial score (nSPS) is 33.2. The van der Waals surface area contributed by atoms with Gasteiger partial charge >= 0.3 is 0 Å². The second-order valence-corrected chi connectivity index (χ2v) is 6.99. The van der Waals surface area contributed by atoms with Gasteiger partial charge in [-0.25, -0.2) is 0 Å². The minimum Gasteiger partial charge on any atom is -0.396 e. The minimum absolute atomic E-state index is 0.0927. The standard InChI is InChI=1S/C16H31NO2/c1-14-5-4-8-16(11-14,13-19)12-17(9-10-18)15-6-2-3-7-15/h14-15,18-19H,2-13H2,1H3. The lowest BCUT2D eigenvalue weighted by Crippen LogP contribution is -2.47. The molecule has 0 bridgehead atoms. The van der Waals surface area contributed by atoms with Crippen molar-refractivity contribution in [2.75, 3.05) is 26.3 Å². The molecule has 3 nitrogen and oxygen atoms in total. The van der Waals surface area contributed by atoms with Crippen LogP contribution < -0.4 is 0 Å². The molecule has 2 rings (SSSR count). The van der Waals surface area contributed by atoms with Crippen LogP contribution in [0.3, 0.4) is 0 Å². The van der Waals surface area contributed by atoms with Gasteiger partial charge in [0.15, 0.2) is 0 Å². The molecule has 112 valence electrons. The Morgan fingerprint density at radius 1 is 1.11 bits per heavy atom. The van der Waals surface area contributed by atoms with Crippen LogP contribution in [0, 0.1) is 11.3 Å². The number of hydrogen-bond donors (Lipinski definition) is 2. The first kappa shape index (κ1) is 15.3. The van der Waals surface area contributed by atoms with Gasteiger partial charge in [0.05, 0.1) is 6.61 Å². The molecule has 2 saturated carbocycles. The van der Waals surface area contributed by atoms with Crippen LogP contribution in [0.4, 0.5) is 0 Å². The van der Waals surface area contributed by atoms with Crippen molar-refractivity contribution in [1.82, 2.24) is 4.90 Å². The molecule has 2 unspecified atom stereocenters. The molecule has 0 aliphatic heterocycles. The summed E-state index contributed by atoms with van der Waals surface area (Å²) in [5.74, 6) is 0.737. The molecule has 2 aliphatic rings. The van der Waals surface area contributed by atoms with Crippen molar-refractivity contribution in [1.29, 1.82) is 0 Å². The number of hydrogen-bond acceptors (Lipinski definition) is 3. The van der Waals surface area contributed by atoms with Gasteiger partial charge in [0.25, 0.3) is 0 Å². The molecule has 0 aromatic rings. The molecule has 2 atom stereocenters. The van der Waals surface area contributed by atoms with Gasteiger partial charge in [-0.1, -0.05) is 32.6 Å². The zero-order chi connectivity index (χ0) is 13.7. The van der Waals surface area contributed by atoms with Crippen LogP contribution >= 0.6 is 0 Å². The van der Waals surface area contributed by atoms with Crippen LogP contribution in [0.15, 0.2) is 0 Å². The van der Waals surface area contributed by atoms with E-state index in [0.717, 1.165) is 31.8 Å². The predicted octanol–water partition coefficient (Wildman–Crippen LogP) is 2.41. The molecule has 2 aliphatic carbocycles. The van der Waals surface area contributed by atoms with Crippen LogP contribution in [-0.4, -0.2) is 47.5 Å². The Hall–Kier alpha value is -0.120. The maximum Gasteiger partial charge on any atom is 0.0558 e. The number of nitrogens with zero attached hydrogens (tertiary/aromatic N) is 1. The third kappa shape index (κ3) is 3.93. The van der Waals surface area contributed by atoms with E-state index in [2.05, 4.69) is 11.8 Å². The molecule has 0 radical (unpaired) electrons. The third-order valence-electron chi connectivity index (χ3n) is 5.29. The van der Waals surface area contributed by atoms with Crippen LogP contribution in [0.2, 0.25) is 0 Å². The van der Waals surface area contributed by atoms with E-state index < -0.39 is 0 Å². The van der Waals surface area contributed by atoms with Gasteiger partial charge in [0.1, 0.15) is 0 Å². The van der Waals surface area contributed by atoms with E-state index in [-0.39, 0.29) is 12.0 Å². The summed E-state index contributed by atoms with van der Waals surface area (Å²) in [6.07, 6.45) is 10.1. The first-order valence-corrected chi connectivity index (χ1v) is 8.15. The summed E-state index contributed by atoms with van der Waals surface area (Å²) in [6.45, 7) is 4.63. The summed E-state index contributed by atoms with van der Waals surface area (Å²) in [5, 5.41) is 19.3. The lowest BCUT2D eigenvalue weighted by atomic mass is 9.70. The summed E-state index contributed by atoms with van der Waals surface area (Å²) in [4.78, 5) is 2.47. The fourth-order valence-corrected chi connectivity index (χ4v) is 4.33. The molecule has 3 heteroatoms. The van der Waals surface area contributed by atoms with Crippen LogP contribution in [-0.2, 0) is 0 Å². The minimum atomic E-state index is 0.0927. The van der Waals surface area contributed by atoms with Gasteiger partial charge < -0.3 is 10.2 Å². The molecule has 0 spiro atoms. The molecule has 0 heterocycles. The highest BCUT2D eigenvalue weighted by molar-refractivity contribution is 4.90. The van der Waals surface area contributed by atoms with Crippen molar-refractivity contribution in [3.8, 4) is 0 Å². The van der Waals surface area contributed by atoms with E-state index in [1.54, 1.807) is 0 Å². The first-order chi connectivity index (χ1) is 9.19. The van der Waals surface area contributed by atoms with E-state index in [1.165, 1.54) is 38.5 Å². The van der Waals surface area contributed by atoms with E-state index in [9.17, 15) is 10.2 Å². The van der Waals surface area contributed by atoms with Crippen LogP contribution in [0.5, 0.6) is 0 Å². The Labute approximate surface area is 118 Å². The fraction of sp³-hybridized carbons (Fsp3) is 1.00. The van der Waals surface area contributed by atoms with Crippen molar-refractivity contribution >= 4 is 0 Å². The Morgan fingerprint density at radius 2 is 1.84 bits per heavy atom. The van der Waals surface area contributed by atoms with E-state index in [1.807, 2.05) is 0 Å². The Morgan fingerprint density at radius 3 is 2.42 bits per heavy atom. The number of rotatable bonds is 6. The molecule has 0 aromatic heterocycles. The molecule has 0 saturated heterocycles. The largest absolute Gasteiger partial charge is 0.396 e. The average Bonchev–Trinajstić information content (AvgIpc) is 2.92. The number of aliphatic hydroxyl groups is 2. The van der Waals surface area contributed by atoms with Crippen molar-refractivity contribution in [2.45, 2.75) is 64.3 Å². The quantitative estimate of drug-likeness (QED) is 0.778. The second-order valence-electron chi connectivity index (χ2n) is 6.99. The highest BCUT2D eigenvalue weighted by Gasteiger charge is 2.37. The van der Waals surface area contributed by atoms with E-state index in [0.29, 0.717) is 12.6 Å². The third-order valence-corrected chi connectivity index (χ3v) is 5.29. The van der Waals surface area contributed by atoms with Gasteiger partial charge in [-0.2, -0.15) is 0 Å². The zero-order valence-electron chi connectivity index (χ0n) is 12.5. The van der Waals surface area contributed by atoms with Gasteiger partial charge in [-0.15, -0.1) is 0 Å². The summed E-state index contributed by atoms with van der Waals surface area (Å²) >= 11 is 0. The summed E-state index contributed by atoms with van der Waals surface area (Å²) < 4.78 is 0. The van der Waals surface area contributed by atoms with Crippen LogP contribution in [0.1, 0.15) is 58.3 Å². The Bertz CT molecular complexity index is 265.